The maximum absolute atomic E-state index is 12.7. The van der Waals surface area contributed by atoms with Crippen LogP contribution in [0.3, 0.4) is 0 Å². The molecule has 29 heavy (non-hydrogen) atoms. The van der Waals surface area contributed by atoms with Gasteiger partial charge in [-0.25, -0.2) is 0 Å². The number of benzene rings is 3. The topological polar surface area (TPSA) is 55.4 Å². The van der Waals surface area contributed by atoms with Crippen molar-refractivity contribution in [2.75, 3.05) is 0 Å². The van der Waals surface area contributed by atoms with Crippen LogP contribution in [0.15, 0.2) is 78.9 Å². The van der Waals surface area contributed by atoms with Gasteiger partial charge in [0.2, 0.25) is 0 Å². The highest BCUT2D eigenvalue weighted by Gasteiger charge is 2.21. The lowest BCUT2D eigenvalue weighted by Gasteiger charge is -2.19. The first-order valence-corrected chi connectivity index (χ1v) is 9.79. The van der Waals surface area contributed by atoms with Gasteiger partial charge >= 0.3 is 5.97 Å². The summed E-state index contributed by atoms with van der Waals surface area (Å²) in [6.07, 6.45) is -0.00616. The van der Waals surface area contributed by atoms with Crippen molar-refractivity contribution >= 4 is 35.1 Å². The van der Waals surface area contributed by atoms with Crippen LogP contribution < -0.4 is 5.32 Å². The molecule has 1 amide bonds. The lowest BCUT2D eigenvalue weighted by molar-refractivity contribution is -0.145. The predicted molar refractivity (Wildman–Crippen MR) is 114 cm³/mol. The average Bonchev–Trinajstić information content (AvgIpc) is 2.74. The molecule has 3 aromatic rings. The Morgan fingerprint density at radius 3 is 2.21 bits per heavy atom. The third kappa shape index (κ3) is 6.08. The van der Waals surface area contributed by atoms with Crippen molar-refractivity contribution in [3.8, 4) is 0 Å². The Labute approximate surface area is 179 Å². The third-order valence-electron chi connectivity index (χ3n) is 4.31. The molecular weight excluding hydrogens is 409 g/mol. The molecule has 0 saturated heterocycles. The lowest BCUT2D eigenvalue weighted by Crippen LogP contribution is -2.30. The molecule has 0 aliphatic heterocycles. The van der Waals surface area contributed by atoms with Crippen molar-refractivity contribution in [1.82, 2.24) is 5.32 Å². The van der Waals surface area contributed by atoms with Gasteiger partial charge in [0, 0.05) is 5.02 Å². The van der Waals surface area contributed by atoms with E-state index in [9.17, 15) is 9.59 Å². The smallest absolute Gasteiger partial charge is 0.308 e. The van der Waals surface area contributed by atoms with Gasteiger partial charge in [0.25, 0.3) is 5.91 Å². The highest BCUT2D eigenvalue weighted by atomic mass is 35.5. The van der Waals surface area contributed by atoms with Gasteiger partial charge in [0.1, 0.15) is 6.61 Å². The molecule has 0 heterocycles. The zero-order valence-corrected chi connectivity index (χ0v) is 17.0. The quantitative estimate of drug-likeness (QED) is 0.499. The van der Waals surface area contributed by atoms with E-state index in [0.29, 0.717) is 15.6 Å². The van der Waals surface area contributed by atoms with E-state index in [1.54, 1.807) is 48.5 Å². The van der Waals surface area contributed by atoms with E-state index in [1.165, 1.54) is 0 Å². The van der Waals surface area contributed by atoms with Crippen LogP contribution in [0.1, 0.15) is 33.9 Å². The first-order valence-electron chi connectivity index (χ1n) is 9.03. The number of ether oxygens (including phenoxy) is 1. The Kier molecular flexibility index (Phi) is 7.28. The average molecular weight is 428 g/mol. The van der Waals surface area contributed by atoms with Gasteiger partial charge in [-0.3, -0.25) is 9.59 Å². The zero-order valence-electron chi connectivity index (χ0n) is 15.5. The molecular formula is C23H19Cl2NO3. The molecule has 1 N–H and O–H groups in total. The van der Waals surface area contributed by atoms with Crippen LogP contribution in [0.5, 0.6) is 0 Å². The summed E-state index contributed by atoms with van der Waals surface area (Å²) in [6, 6.07) is 22.6. The Morgan fingerprint density at radius 1 is 0.862 bits per heavy atom. The van der Waals surface area contributed by atoms with E-state index in [-0.39, 0.29) is 18.9 Å². The molecule has 0 saturated carbocycles. The molecule has 4 nitrogen and oxygen atoms in total. The largest absolute Gasteiger partial charge is 0.461 e. The van der Waals surface area contributed by atoms with Crippen LogP contribution in [0.4, 0.5) is 0 Å². The highest BCUT2D eigenvalue weighted by Crippen LogP contribution is 2.21. The Balaban J connectivity index is 1.69. The maximum Gasteiger partial charge on any atom is 0.308 e. The summed E-state index contributed by atoms with van der Waals surface area (Å²) in [5, 5.41) is 3.85. The van der Waals surface area contributed by atoms with E-state index >= 15 is 0 Å². The molecule has 0 spiro atoms. The number of esters is 1. The number of rotatable bonds is 7. The molecule has 0 aliphatic carbocycles. The van der Waals surface area contributed by atoms with Gasteiger partial charge in [-0.2, -0.15) is 0 Å². The minimum atomic E-state index is -0.544. The van der Waals surface area contributed by atoms with Crippen molar-refractivity contribution in [3.63, 3.8) is 0 Å². The second-order valence-corrected chi connectivity index (χ2v) is 7.25. The Bertz CT molecular complexity index is 975. The summed E-state index contributed by atoms with van der Waals surface area (Å²) in [5.74, 6) is -0.775. The lowest BCUT2D eigenvalue weighted by atomic mass is 10.0. The molecule has 0 bridgehead atoms. The monoisotopic (exact) mass is 427 g/mol. The summed E-state index contributed by atoms with van der Waals surface area (Å²) in [4.78, 5) is 25.1. The normalized spacial score (nSPS) is 11.5. The van der Waals surface area contributed by atoms with Crippen molar-refractivity contribution in [2.24, 2.45) is 0 Å². The van der Waals surface area contributed by atoms with E-state index in [1.807, 2.05) is 30.3 Å². The number of nitrogens with one attached hydrogen (secondary N) is 1. The SMILES string of the molecule is O=C(CC(NC(=O)c1ccccc1Cl)c1ccccc1)OCc1ccc(Cl)cc1. The molecule has 6 heteroatoms. The van der Waals surface area contributed by atoms with Crippen molar-refractivity contribution in [1.29, 1.82) is 0 Å². The first-order chi connectivity index (χ1) is 14.0. The molecule has 0 radical (unpaired) electrons. The number of carbonyl (C=O) groups excluding carboxylic acids is 2. The first kappa shape index (κ1) is 20.9. The fourth-order valence-corrected chi connectivity index (χ4v) is 3.14. The van der Waals surface area contributed by atoms with Crippen LogP contribution in [0.2, 0.25) is 10.0 Å². The summed E-state index contributed by atoms with van der Waals surface area (Å²) in [6.45, 7) is 0.135. The van der Waals surface area contributed by atoms with E-state index in [0.717, 1.165) is 11.1 Å². The zero-order chi connectivity index (χ0) is 20.6. The second kappa shape index (κ2) is 10.1. The van der Waals surface area contributed by atoms with Crippen LogP contribution >= 0.6 is 23.2 Å². The van der Waals surface area contributed by atoms with Crippen molar-refractivity contribution in [2.45, 2.75) is 19.1 Å². The van der Waals surface area contributed by atoms with E-state index in [2.05, 4.69) is 5.32 Å². The Morgan fingerprint density at radius 2 is 1.52 bits per heavy atom. The summed E-state index contributed by atoms with van der Waals surface area (Å²) < 4.78 is 5.37. The van der Waals surface area contributed by atoms with Crippen LogP contribution in [-0.4, -0.2) is 11.9 Å². The second-order valence-electron chi connectivity index (χ2n) is 6.41. The van der Waals surface area contributed by atoms with Crippen LogP contribution in [-0.2, 0) is 16.1 Å². The Hall–Kier alpha value is -2.82. The molecule has 0 aromatic heterocycles. The molecule has 3 aromatic carbocycles. The standard InChI is InChI=1S/C23H19Cl2NO3/c24-18-12-10-16(11-13-18)15-29-22(27)14-21(17-6-2-1-3-7-17)26-23(28)19-8-4-5-9-20(19)25/h1-13,21H,14-15H2,(H,26,28). The minimum Gasteiger partial charge on any atom is -0.461 e. The number of hydrogen-bond donors (Lipinski definition) is 1. The molecule has 0 fully saturated rings. The van der Waals surface area contributed by atoms with Gasteiger partial charge in [-0.15, -0.1) is 0 Å². The number of carbonyl (C=O) groups is 2. The fourth-order valence-electron chi connectivity index (χ4n) is 2.79. The predicted octanol–water partition coefficient (Wildman–Crippen LogP) is 5.60. The number of halogens is 2. The maximum atomic E-state index is 12.7. The summed E-state index contributed by atoms with van der Waals surface area (Å²) in [5.41, 5.74) is 1.99. The van der Waals surface area contributed by atoms with Gasteiger partial charge in [-0.05, 0) is 35.4 Å². The van der Waals surface area contributed by atoms with Crippen LogP contribution in [0.25, 0.3) is 0 Å². The molecule has 1 unspecified atom stereocenters. The van der Waals surface area contributed by atoms with Crippen LogP contribution in [0, 0.1) is 0 Å². The summed E-state index contributed by atoms with van der Waals surface area (Å²) >= 11 is 12.0. The van der Waals surface area contributed by atoms with Gasteiger partial charge in [-0.1, -0.05) is 77.8 Å². The molecule has 1 atom stereocenters. The molecule has 3 rings (SSSR count). The van der Waals surface area contributed by atoms with Gasteiger partial charge in [0.05, 0.1) is 23.0 Å². The van der Waals surface area contributed by atoms with Crippen molar-refractivity contribution < 1.29 is 14.3 Å². The fraction of sp³-hybridized carbons (Fsp3) is 0.130. The van der Waals surface area contributed by atoms with Crippen molar-refractivity contribution in [3.05, 3.63) is 106 Å². The van der Waals surface area contributed by atoms with Gasteiger partial charge in [0.15, 0.2) is 0 Å². The van der Waals surface area contributed by atoms with E-state index < -0.39 is 12.0 Å². The minimum absolute atomic E-state index is 0.00616. The van der Waals surface area contributed by atoms with E-state index in [4.69, 9.17) is 27.9 Å². The third-order valence-corrected chi connectivity index (χ3v) is 4.89. The van der Waals surface area contributed by atoms with Gasteiger partial charge < -0.3 is 10.1 Å². The number of hydrogen-bond acceptors (Lipinski definition) is 3. The highest BCUT2D eigenvalue weighted by molar-refractivity contribution is 6.33. The summed E-state index contributed by atoms with van der Waals surface area (Å²) in [7, 11) is 0. The number of amides is 1. The molecule has 148 valence electrons. The molecule has 0 aliphatic rings.